The predicted octanol–water partition coefficient (Wildman–Crippen LogP) is 9.65. The van der Waals surface area contributed by atoms with Crippen molar-refractivity contribution in [2.45, 2.75) is 12.3 Å². The number of hydrogen-bond acceptors (Lipinski definition) is 2. The Labute approximate surface area is 239 Å². The second-order valence-electron chi connectivity index (χ2n) is 10.5. The van der Waals surface area contributed by atoms with Crippen molar-refractivity contribution >= 4 is 21.7 Å². The maximum atomic E-state index is 12.8. The highest BCUT2D eigenvalue weighted by molar-refractivity contribution is 6.05. The molecule has 1 unspecified atom stereocenters. The molecular weight excluding hydrogens is 500 g/mol. The van der Waals surface area contributed by atoms with E-state index in [1.165, 1.54) is 27.8 Å². The third kappa shape index (κ3) is 4.97. The molecule has 41 heavy (non-hydrogen) atoms. The Morgan fingerprint density at radius 2 is 1.02 bits per heavy atom. The molecule has 0 amide bonds. The first-order valence-electron chi connectivity index (χ1n) is 14.0. The summed E-state index contributed by atoms with van der Waals surface area (Å²) in [4.78, 5) is 12.8. The van der Waals surface area contributed by atoms with Gasteiger partial charge in [-0.25, -0.2) is 4.79 Å². The first-order valence-corrected chi connectivity index (χ1v) is 14.0. The zero-order valence-electron chi connectivity index (χ0n) is 22.5. The molecule has 7 rings (SSSR count). The molecule has 0 radical (unpaired) electrons. The number of benzene rings is 6. The Balaban J connectivity index is 1.19. The van der Waals surface area contributed by atoms with E-state index in [1.54, 1.807) is 0 Å². The molecule has 6 aromatic carbocycles. The topological polar surface area (TPSA) is 30.2 Å². The van der Waals surface area contributed by atoms with Crippen molar-refractivity contribution in [3.63, 3.8) is 0 Å². The van der Waals surface area contributed by atoms with E-state index in [1.807, 2.05) is 42.5 Å². The van der Waals surface area contributed by atoms with E-state index in [0.29, 0.717) is 11.0 Å². The van der Waals surface area contributed by atoms with Crippen molar-refractivity contribution in [3.8, 4) is 22.3 Å². The number of rotatable bonds is 6. The number of para-hydroxylation sites is 1. The summed E-state index contributed by atoms with van der Waals surface area (Å²) in [6, 6.07) is 52.7. The molecule has 0 saturated carbocycles. The van der Waals surface area contributed by atoms with Gasteiger partial charge in [-0.3, -0.25) is 0 Å². The molecule has 0 spiro atoms. The minimum absolute atomic E-state index is 0.241. The molecule has 0 N–H and O–H groups in total. The monoisotopic (exact) mass is 528 g/mol. The van der Waals surface area contributed by atoms with Crippen LogP contribution in [0, 0.1) is 0 Å². The lowest BCUT2D eigenvalue weighted by Gasteiger charge is -2.19. The second kappa shape index (κ2) is 10.7. The highest BCUT2D eigenvalue weighted by Gasteiger charge is 2.16. The van der Waals surface area contributed by atoms with Crippen LogP contribution in [-0.4, -0.2) is 0 Å². The highest BCUT2D eigenvalue weighted by Crippen LogP contribution is 2.32. The lowest BCUT2D eigenvalue weighted by atomic mass is 9.85. The van der Waals surface area contributed by atoms with Crippen LogP contribution in [0.2, 0.25) is 0 Å². The Morgan fingerprint density at radius 1 is 0.463 bits per heavy atom. The van der Waals surface area contributed by atoms with Gasteiger partial charge in [0, 0.05) is 11.3 Å². The summed E-state index contributed by atoms with van der Waals surface area (Å²) < 4.78 is 5.59. The number of hydrogen-bond donors (Lipinski definition) is 0. The van der Waals surface area contributed by atoms with Gasteiger partial charge in [-0.05, 0) is 62.9 Å². The maximum Gasteiger partial charge on any atom is 0.344 e. The Hall–Kier alpha value is -5.21. The average molecular weight is 529 g/mol. The third-order valence-corrected chi connectivity index (χ3v) is 7.97. The predicted molar refractivity (Wildman–Crippen MR) is 169 cm³/mol. The van der Waals surface area contributed by atoms with Gasteiger partial charge >= 0.3 is 5.63 Å². The van der Waals surface area contributed by atoms with Gasteiger partial charge in [0.15, 0.2) is 0 Å². The zero-order chi connectivity index (χ0) is 27.6. The summed E-state index contributed by atoms with van der Waals surface area (Å²) in [7, 11) is 0. The molecule has 0 bridgehead atoms. The SMILES string of the molecule is O=c1oc2ccccc2c2ccc(-c3ccc(CC(c4ccccc4)c4ccc(-c5ccccc5)cc4)cc3)cc12. The lowest BCUT2D eigenvalue weighted by molar-refractivity contribution is 0.569. The summed E-state index contributed by atoms with van der Waals surface area (Å²) in [5.41, 5.74) is 8.71. The molecule has 196 valence electrons. The fraction of sp³-hybridized carbons (Fsp3) is 0.0513. The molecule has 0 fully saturated rings. The van der Waals surface area contributed by atoms with Crippen LogP contribution in [0.4, 0.5) is 0 Å². The summed E-state index contributed by atoms with van der Waals surface area (Å²) in [6.07, 6.45) is 0.891. The summed E-state index contributed by atoms with van der Waals surface area (Å²) in [5.74, 6) is 0.241. The fourth-order valence-electron chi connectivity index (χ4n) is 5.78. The Kier molecular flexibility index (Phi) is 6.50. The molecule has 1 aromatic heterocycles. The fourth-order valence-corrected chi connectivity index (χ4v) is 5.78. The van der Waals surface area contributed by atoms with Crippen LogP contribution in [0.25, 0.3) is 44.0 Å². The average Bonchev–Trinajstić information content (AvgIpc) is 3.05. The van der Waals surface area contributed by atoms with Crippen molar-refractivity contribution in [2.24, 2.45) is 0 Å². The molecule has 0 aliphatic rings. The molecule has 2 heteroatoms. The van der Waals surface area contributed by atoms with Crippen LogP contribution >= 0.6 is 0 Å². The van der Waals surface area contributed by atoms with Crippen molar-refractivity contribution in [1.82, 2.24) is 0 Å². The standard InChI is InChI=1S/C39H28O2/c40-39-37-26-33(23-24-34(37)35-13-7-8-14-38(35)41-39)30-17-15-27(16-18-30)25-36(31-11-5-2-6-12-31)32-21-19-29(20-22-32)28-9-3-1-4-10-28/h1-24,26,36H,25H2. The normalized spacial score (nSPS) is 12.0. The van der Waals surface area contributed by atoms with E-state index in [4.69, 9.17) is 4.42 Å². The Morgan fingerprint density at radius 3 is 1.78 bits per heavy atom. The minimum Gasteiger partial charge on any atom is -0.422 e. The molecule has 1 atom stereocenters. The lowest BCUT2D eigenvalue weighted by Crippen LogP contribution is -2.05. The first-order chi connectivity index (χ1) is 20.2. The van der Waals surface area contributed by atoms with Crippen molar-refractivity contribution in [3.05, 3.63) is 179 Å². The van der Waals surface area contributed by atoms with Gasteiger partial charge in [-0.15, -0.1) is 0 Å². The summed E-state index contributed by atoms with van der Waals surface area (Å²) in [6.45, 7) is 0. The van der Waals surface area contributed by atoms with Crippen LogP contribution < -0.4 is 5.63 Å². The smallest absolute Gasteiger partial charge is 0.344 e. The van der Waals surface area contributed by atoms with Crippen molar-refractivity contribution in [1.29, 1.82) is 0 Å². The van der Waals surface area contributed by atoms with Crippen molar-refractivity contribution in [2.75, 3.05) is 0 Å². The molecule has 2 nitrogen and oxygen atoms in total. The maximum absolute atomic E-state index is 12.8. The van der Waals surface area contributed by atoms with Gasteiger partial charge in [0.25, 0.3) is 0 Å². The van der Waals surface area contributed by atoms with Gasteiger partial charge in [0.1, 0.15) is 5.58 Å². The minimum atomic E-state index is -0.304. The van der Waals surface area contributed by atoms with E-state index in [-0.39, 0.29) is 11.5 Å². The van der Waals surface area contributed by atoms with Crippen molar-refractivity contribution < 1.29 is 4.42 Å². The van der Waals surface area contributed by atoms with Gasteiger partial charge in [-0.1, -0.05) is 140 Å². The Bertz CT molecular complexity index is 2000. The van der Waals surface area contributed by atoms with E-state index in [9.17, 15) is 4.79 Å². The van der Waals surface area contributed by atoms with Crippen LogP contribution in [0.1, 0.15) is 22.6 Å². The van der Waals surface area contributed by atoms with E-state index < -0.39 is 0 Å². The van der Waals surface area contributed by atoms with E-state index >= 15 is 0 Å². The van der Waals surface area contributed by atoms with E-state index in [2.05, 4.69) is 109 Å². The molecule has 7 aromatic rings. The molecule has 1 heterocycles. The van der Waals surface area contributed by atoms with Gasteiger partial charge in [-0.2, -0.15) is 0 Å². The summed E-state index contributed by atoms with van der Waals surface area (Å²) >= 11 is 0. The van der Waals surface area contributed by atoms with Gasteiger partial charge in [0.05, 0.1) is 5.39 Å². The molecule has 0 aliphatic heterocycles. The second-order valence-corrected chi connectivity index (χ2v) is 10.5. The number of fused-ring (bicyclic) bond motifs is 3. The largest absolute Gasteiger partial charge is 0.422 e. The van der Waals surface area contributed by atoms with Gasteiger partial charge < -0.3 is 4.42 Å². The van der Waals surface area contributed by atoms with E-state index in [0.717, 1.165) is 28.3 Å². The zero-order valence-corrected chi connectivity index (χ0v) is 22.5. The third-order valence-electron chi connectivity index (χ3n) is 7.97. The van der Waals surface area contributed by atoms with Crippen LogP contribution in [0.3, 0.4) is 0 Å². The van der Waals surface area contributed by atoms with Gasteiger partial charge in [0.2, 0.25) is 0 Å². The molecule has 0 aliphatic carbocycles. The quantitative estimate of drug-likeness (QED) is 0.159. The molecular formula is C39H28O2. The summed E-state index contributed by atoms with van der Waals surface area (Å²) in [5, 5.41) is 2.47. The van der Waals surface area contributed by atoms with Crippen LogP contribution in [0.5, 0.6) is 0 Å². The first kappa shape index (κ1) is 24.8. The van der Waals surface area contributed by atoms with Crippen LogP contribution in [-0.2, 0) is 6.42 Å². The highest BCUT2D eigenvalue weighted by atomic mass is 16.4. The molecule has 0 saturated heterocycles. The van der Waals surface area contributed by atoms with Crippen LogP contribution in [0.15, 0.2) is 161 Å².